The molecule has 0 unspecified atom stereocenters. The van der Waals surface area contributed by atoms with Gasteiger partial charge in [0.15, 0.2) is 0 Å². The quantitative estimate of drug-likeness (QED) is 0.819. The van der Waals surface area contributed by atoms with E-state index in [0.29, 0.717) is 21.7 Å². The van der Waals surface area contributed by atoms with E-state index >= 15 is 0 Å². The van der Waals surface area contributed by atoms with Crippen LogP contribution < -0.4 is 15.8 Å². The van der Waals surface area contributed by atoms with E-state index in [9.17, 15) is 14.4 Å². The minimum absolute atomic E-state index is 0.142. The summed E-state index contributed by atoms with van der Waals surface area (Å²) >= 11 is 5.99. The highest BCUT2D eigenvalue weighted by atomic mass is 35.5. The summed E-state index contributed by atoms with van der Waals surface area (Å²) in [5, 5.41) is 2.92. The van der Waals surface area contributed by atoms with E-state index in [2.05, 4.69) is 5.32 Å². The van der Waals surface area contributed by atoms with Crippen LogP contribution in [0.3, 0.4) is 0 Å². The number of imidazole rings is 1. The van der Waals surface area contributed by atoms with Gasteiger partial charge in [-0.3, -0.25) is 9.36 Å². The summed E-state index contributed by atoms with van der Waals surface area (Å²) in [5.74, 6) is -0.985. The molecule has 0 spiro atoms. The molecular formula is C11H8ClN3O4. The van der Waals surface area contributed by atoms with E-state index in [1.54, 1.807) is 6.07 Å². The van der Waals surface area contributed by atoms with Crippen LogP contribution >= 0.6 is 11.6 Å². The van der Waals surface area contributed by atoms with Gasteiger partial charge in [0.1, 0.15) is 12.1 Å². The molecule has 7 nitrogen and oxygen atoms in total. The molecule has 1 aromatic heterocycles. The number of anilines is 1. The average molecular weight is 282 g/mol. The second kappa shape index (κ2) is 3.86. The van der Waals surface area contributed by atoms with Crippen molar-refractivity contribution in [1.29, 1.82) is 0 Å². The van der Waals surface area contributed by atoms with Crippen molar-refractivity contribution in [2.75, 3.05) is 5.32 Å². The Kier molecular flexibility index (Phi) is 2.39. The normalized spacial score (nSPS) is 13.5. The Hall–Kier alpha value is -2.28. The second-order valence-electron chi connectivity index (χ2n) is 4.08. The first-order chi connectivity index (χ1) is 8.99. The number of aromatic nitrogens is 2. The van der Waals surface area contributed by atoms with Gasteiger partial charge in [-0.15, -0.1) is 4.73 Å². The van der Waals surface area contributed by atoms with E-state index in [4.69, 9.17) is 16.4 Å². The third kappa shape index (κ3) is 1.62. The molecule has 0 aliphatic carbocycles. The summed E-state index contributed by atoms with van der Waals surface area (Å²) in [6.07, 6.45) is 0. The van der Waals surface area contributed by atoms with Gasteiger partial charge in [0.2, 0.25) is 5.91 Å². The number of carbonyl (C=O) groups is 2. The number of halogens is 1. The number of benzene rings is 1. The largest absolute Gasteiger partial charge is 0.363 e. The fraction of sp³-hybridized carbons (Fsp3) is 0.182. The molecule has 0 radical (unpaired) electrons. The molecule has 3 rings (SSSR count). The SMILES string of the molecule is CC(=O)On1c(=O)n2c3c(c(Cl)ccc31)NC(=O)C2. The molecule has 1 amide bonds. The second-order valence-corrected chi connectivity index (χ2v) is 4.49. The molecule has 19 heavy (non-hydrogen) atoms. The van der Waals surface area contributed by atoms with Crippen molar-refractivity contribution >= 4 is 40.2 Å². The summed E-state index contributed by atoms with van der Waals surface area (Å²) < 4.78 is 2.08. The Balaban J connectivity index is 2.42. The van der Waals surface area contributed by atoms with Crippen LogP contribution in [0.4, 0.5) is 5.69 Å². The Morgan fingerprint density at radius 1 is 1.42 bits per heavy atom. The van der Waals surface area contributed by atoms with Crippen molar-refractivity contribution in [1.82, 2.24) is 9.30 Å². The standard InChI is InChI=1S/C11H8ClN3O4/c1-5(16)19-15-7-3-2-6(12)9-10(7)14(11(15)18)4-8(17)13-9/h2-3H,4H2,1H3,(H,13,17). The lowest BCUT2D eigenvalue weighted by Crippen LogP contribution is -2.34. The van der Waals surface area contributed by atoms with Crippen LogP contribution in [0, 0.1) is 0 Å². The fourth-order valence-electron chi connectivity index (χ4n) is 2.11. The van der Waals surface area contributed by atoms with Gasteiger partial charge in [0.05, 0.1) is 16.2 Å². The van der Waals surface area contributed by atoms with Gasteiger partial charge in [0.25, 0.3) is 0 Å². The zero-order valence-electron chi connectivity index (χ0n) is 9.77. The summed E-state index contributed by atoms with van der Waals surface area (Å²) in [4.78, 5) is 39.6. The zero-order valence-corrected chi connectivity index (χ0v) is 10.5. The summed E-state index contributed by atoms with van der Waals surface area (Å²) in [6, 6.07) is 3.08. The van der Waals surface area contributed by atoms with Crippen molar-refractivity contribution < 1.29 is 14.4 Å². The number of amides is 1. The lowest BCUT2D eigenvalue weighted by Gasteiger charge is -2.15. The lowest BCUT2D eigenvalue weighted by atomic mass is 10.2. The molecule has 8 heteroatoms. The van der Waals surface area contributed by atoms with Crippen molar-refractivity contribution in [2.45, 2.75) is 13.5 Å². The topological polar surface area (TPSA) is 82.3 Å². The lowest BCUT2D eigenvalue weighted by molar-refractivity contribution is -0.141. The molecule has 0 fully saturated rings. The molecule has 0 bridgehead atoms. The fourth-order valence-corrected chi connectivity index (χ4v) is 2.31. The van der Waals surface area contributed by atoms with E-state index in [-0.39, 0.29) is 12.5 Å². The number of hydrogen-bond acceptors (Lipinski definition) is 4. The van der Waals surface area contributed by atoms with E-state index < -0.39 is 11.7 Å². The first-order valence-corrected chi connectivity index (χ1v) is 5.79. The highest BCUT2D eigenvalue weighted by Crippen LogP contribution is 2.32. The highest BCUT2D eigenvalue weighted by Gasteiger charge is 2.26. The smallest absolute Gasteiger partial charge is 0.332 e. The molecule has 0 saturated heterocycles. The van der Waals surface area contributed by atoms with E-state index in [1.807, 2.05) is 0 Å². The highest BCUT2D eigenvalue weighted by molar-refractivity contribution is 6.35. The molecule has 1 aliphatic rings. The van der Waals surface area contributed by atoms with Crippen LogP contribution in [0.2, 0.25) is 5.02 Å². The predicted octanol–water partition coefficient (Wildman–Crippen LogP) is 0.384. The van der Waals surface area contributed by atoms with Crippen LogP contribution in [0.1, 0.15) is 6.92 Å². The zero-order chi connectivity index (χ0) is 13.7. The van der Waals surface area contributed by atoms with Gasteiger partial charge in [-0.2, -0.15) is 0 Å². The van der Waals surface area contributed by atoms with Gasteiger partial charge in [-0.25, -0.2) is 9.59 Å². The Morgan fingerprint density at radius 2 is 2.16 bits per heavy atom. The van der Waals surface area contributed by atoms with E-state index in [1.165, 1.54) is 17.6 Å². The Bertz CT molecular complexity index is 789. The van der Waals surface area contributed by atoms with Crippen molar-refractivity contribution in [3.63, 3.8) is 0 Å². The van der Waals surface area contributed by atoms with Crippen LogP contribution in [0.15, 0.2) is 16.9 Å². The molecule has 1 aromatic carbocycles. The Labute approximate surface area is 111 Å². The summed E-state index contributed by atoms with van der Waals surface area (Å²) in [6.45, 7) is 1.05. The number of carbonyl (C=O) groups excluding carboxylic acids is 2. The van der Waals surface area contributed by atoms with Crippen LogP contribution in [0.25, 0.3) is 11.0 Å². The monoisotopic (exact) mass is 281 g/mol. The van der Waals surface area contributed by atoms with Crippen molar-refractivity contribution in [3.8, 4) is 0 Å². The summed E-state index contributed by atoms with van der Waals surface area (Å²) in [7, 11) is 0. The van der Waals surface area contributed by atoms with Crippen LogP contribution in [0.5, 0.6) is 0 Å². The van der Waals surface area contributed by atoms with Gasteiger partial charge in [0, 0.05) is 6.92 Å². The number of rotatable bonds is 1. The van der Waals surface area contributed by atoms with Crippen LogP contribution in [-0.4, -0.2) is 21.2 Å². The third-order valence-corrected chi connectivity index (χ3v) is 3.10. The first-order valence-electron chi connectivity index (χ1n) is 5.41. The minimum atomic E-state index is -0.629. The molecule has 1 N–H and O–H groups in total. The Morgan fingerprint density at radius 3 is 2.84 bits per heavy atom. The molecule has 98 valence electrons. The number of nitrogens with one attached hydrogen (secondary N) is 1. The maximum Gasteiger partial charge on any atom is 0.363 e. The van der Waals surface area contributed by atoms with Gasteiger partial charge in [-0.1, -0.05) is 11.6 Å². The molecule has 2 aromatic rings. The number of hydrogen-bond donors (Lipinski definition) is 1. The van der Waals surface area contributed by atoms with Gasteiger partial charge in [-0.05, 0) is 12.1 Å². The maximum atomic E-state index is 12.1. The summed E-state index contributed by atoms with van der Waals surface area (Å²) in [5.41, 5.74) is 0.569. The van der Waals surface area contributed by atoms with Crippen molar-refractivity contribution in [3.05, 3.63) is 27.6 Å². The third-order valence-electron chi connectivity index (χ3n) is 2.79. The van der Waals surface area contributed by atoms with Crippen LogP contribution in [-0.2, 0) is 16.1 Å². The molecule has 2 heterocycles. The van der Waals surface area contributed by atoms with Crippen molar-refractivity contribution in [2.24, 2.45) is 0 Å². The average Bonchev–Trinajstić information content (AvgIpc) is 2.59. The van der Waals surface area contributed by atoms with Gasteiger partial charge < -0.3 is 10.2 Å². The maximum absolute atomic E-state index is 12.1. The van der Waals surface area contributed by atoms with Gasteiger partial charge >= 0.3 is 11.7 Å². The molecular weight excluding hydrogens is 274 g/mol. The number of nitrogens with zero attached hydrogens (tertiary/aromatic N) is 2. The first kappa shape index (κ1) is 11.8. The minimum Gasteiger partial charge on any atom is -0.332 e. The molecule has 1 aliphatic heterocycles. The van der Waals surface area contributed by atoms with E-state index in [0.717, 1.165) is 4.73 Å². The predicted molar refractivity (Wildman–Crippen MR) is 67.1 cm³/mol. The molecule has 0 saturated carbocycles. The molecule has 0 atom stereocenters.